The van der Waals surface area contributed by atoms with Crippen LogP contribution in [0.15, 0.2) is 71.9 Å². The van der Waals surface area contributed by atoms with Crippen LogP contribution in [0.1, 0.15) is 18.1 Å². The van der Waals surface area contributed by atoms with E-state index in [0.29, 0.717) is 12.2 Å². The molecule has 124 valence electrons. The summed E-state index contributed by atoms with van der Waals surface area (Å²) in [5.74, 6) is 0. The van der Waals surface area contributed by atoms with Crippen LogP contribution in [0.5, 0.6) is 0 Å². The van der Waals surface area contributed by atoms with Crippen molar-refractivity contribution in [1.82, 2.24) is 9.78 Å². The molecule has 0 amide bonds. The van der Waals surface area contributed by atoms with E-state index in [2.05, 4.69) is 9.82 Å². The third-order valence-electron chi connectivity index (χ3n) is 3.72. The van der Waals surface area contributed by atoms with Gasteiger partial charge in [0, 0.05) is 18.1 Å². The summed E-state index contributed by atoms with van der Waals surface area (Å²) in [5, 5.41) is 4.16. The first-order chi connectivity index (χ1) is 11.6. The molecule has 0 saturated heterocycles. The summed E-state index contributed by atoms with van der Waals surface area (Å²) < 4.78 is 29.4. The van der Waals surface area contributed by atoms with Crippen molar-refractivity contribution in [3.8, 4) is 0 Å². The molecule has 24 heavy (non-hydrogen) atoms. The van der Waals surface area contributed by atoms with Gasteiger partial charge in [0.1, 0.15) is 0 Å². The number of benzene rings is 2. The van der Waals surface area contributed by atoms with Gasteiger partial charge in [0.05, 0.1) is 11.4 Å². The van der Waals surface area contributed by atoms with Crippen LogP contribution in [0.4, 0.5) is 5.69 Å². The highest BCUT2D eigenvalue weighted by Gasteiger charge is 2.14. The lowest BCUT2D eigenvalue weighted by atomic mass is 10.2. The molecule has 0 aliphatic carbocycles. The zero-order valence-electron chi connectivity index (χ0n) is 13.4. The zero-order valence-corrected chi connectivity index (χ0v) is 14.2. The third-order valence-corrected chi connectivity index (χ3v) is 5.12. The Labute approximate surface area is 142 Å². The van der Waals surface area contributed by atoms with Gasteiger partial charge in [-0.1, -0.05) is 31.2 Å². The summed E-state index contributed by atoms with van der Waals surface area (Å²) in [4.78, 5) is 0.261. The molecule has 0 saturated carbocycles. The molecule has 0 unspecified atom stereocenters. The minimum atomic E-state index is -3.59. The van der Waals surface area contributed by atoms with Crippen molar-refractivity contribution in [3.05, 3.63) is 78.1 Å². The van der Waals surface area contributed by atoms with Gasteiger partial charge in [-0.3, -0.25) is 9.40 Å². The predicted molar refractivity (Wildman–Crippen MR) is 94.4 cm³/mol. The molecule has 1 N–H and O–H groups in total. The van der Waals surface area contributed by atoms with Gasteiger partial charge in [-0.05, 0) is 47.9 Å². The van der Waals surface area contributed by atoms with E-state index in [1.54, 1.807) is 29.1 Å². The number of hydrogen-bond donors (Lipinski definition) is 1. The molecule has 0 spiro atoms. The van der Waals surface area contributed by atoms with Gasteiger partial charge in [0.2, 0.25) is 0 Å². The van der Waals surface area contributed by atoms with Crippen LogP contribution < -0.4 is 4.72 Å². The molecule has 0 atom stereocenters. The monoisotopic (exact) mass is 341 g/mol. The highest BCUT2D eigenvalue weighted by Crippen LogP contribution is 2.18. The standard InChI is InChI=1S/C18H19N3O2S/c1-2-15-7-9-18(10-8-15)24(22,23)20-17-6-3-5-16(13-17)14-21-12-4-11-19-21/h3-13,20H,2,14H2,1H3. The number of anilines is 1. The maximum Gasteiger partial charge on any atom is 0.261 e. The Hall–Kier alpha value is -2.60. The number of rotatable bonds is 6. The molecule has 0 aliphatic rings. The smallest absolute Gasteiger partial charge is 0.261 e. The van der Waals surface area contributed by atoms with Crippen molar-refractivity contribution < 1.29 is 8.42 Å². The van der Waals surface area contributed by atoms with E-state index in [1.807, 2.05) is 49.5 Å². The van der Waals surface area contributed by atoms with Gasteiger partial charge in [0.25, 0.3) is 10.0 Å². The summed E-state index contributed by atoms with van der Waals surface area (Å²) >= 11 is 0. The minimum absolute atomic E-state index is 0.261. The summed E-state index contributed by atoms with van der Waals surface area (Å²) in [6.45, 7) is 2.63. The van der Waals surface area contributed by atoms with Crippen LogP contribution in [0.25, 0.3) is 0 Å². The fourth-order valence-corrected chi connectivity index (χ4v) is 3.48. The first-order valence-corrected chi connectivity index (χ1v) is 9.23. The van der Waals surface area contributed by atoms with Crippen molar-refractivity contribution in [2.24, 2.45) is 0 Å². The van der Waals surface area contributed by atoms with Gasteiger partial charge in [-0.2, -0.15) is 5.10 Å². The number of hydrogen-bond acceptors (Lipinski definition) is 3. The molecular formula is C18H19N3O2S. The highest BCUT2D eigenvalue weighted by molar-refractivity contribution is 7.92. The molecule has 1 heterocycles. The van der Waals surface area contributed by atoms with E-state index in [1.165, 1.54) is 0 Å². The largest absolute Gasteiger partial charge is 0.280 e. The first-order valence-electron chi connectivity index (χ1n) is 7.75. The van der Waals surface area contributed by atoms with E-state index >= 15 is 0 Å². The number of aromatic nitrogens is 2. The van der Waals surface area contributed by atoms with Gasteiger partial charge < -0.3 is 0 Å². The highest BCUT2D eigenvalue weighted by atomic mass is 32.2. The van der Waals surface area contributed by atoms with Crippen LogP contribution in [-0.2, 0) is 23.0 Å². The van der Waals surface area contributed by atoms with Crippen molar-refractivity contribution in [3.63, 3.8) is 0 Å². The second kappa shape index (κ2) is 6.88. The van der Waals surface area contributed by atoms with Gasteiger partial charge >= 0.3 is 0 Å². The van der Waals surface area contributed by atoms with Gasteiger partial charge in [0.15, 0.2) is 0 Å². The van der Waals surface area contributed by atoms with Crippen LogP contribution in [0.2, 0.25) is 0 Å². The molecule has 0 radical (unpaired) electrons. The maximum absolute atomic E-state index is 12.5. The fraction of sp³-hybridized carbons (Fsp3) is 0.167. The second-order valence-corrected chi connectivity index (χ2v) is 7.19. The molecule has 5 nitrogen and oxygen atoms in total. The Morgan fingerprint density at radius 1 is 1.04 bits per heavy atom. The van der Waals surface area contributed by atoms with Crippen molar-refractivity contribution in [1.29, 1.82) is 0 Å². The average molecular weight is 341 g/mol. The molecular weight excluding hydrogens is 322 g/mol. The average Bonchev–Trinajstić information content (AvgIpc) is 3.08. The number of nitrogens with one attached hydrogen (secondary N) is 1. The van der Waals surface area contributed by atoms with Crippen molar-refractivity contribution >= 4 is 15.7 Å². The number of aryl methyl sites for hydroxylation is 1. The molecule has 1 aromatic heterocycles. The van der Waals surface area contributed by atoms with Crippen LogP contribution in [0.3, 0.4) is 0 Å². The molecule has 3 rings (SSSR count). The Bertz CT molecular complexity index is 902. The Balaban J connectivity index is 1.79. The van der Waals surface area contributed by atoms with E-state index < -0.39 is 10.0 Å². The third kappa shape index (κ3) is 3.83. The predicted octanol–water partition coefficient (Wildman–Crippen LogP) is 3.29. The Kier molecular flexibility index (Phi) is 4.66. The lowest BCUT2D eigenvalue weighted by molar-refractivity contribution is 0.601. The van der Waals surface area contributed by atoms with Crippen LogP contribution >= 0.6 is 0 Å². The molecule has 3 aromatic rings. The minimum Gasteiger partial charge on any atom is -0.280 e. The van der Waals surface area contributed by atoms with Crippen LogP contribution in [-0.4, -0.2) is 18.2 Å². The summed E-state index contributed by atoms with van der Waals surface area (Å²) in [6, 6.07) is 16.1. The van der Waals surface area contributed by atoms with E-state index in [0.717, 1.165) is 17.5 Å². The molecule has 0 fully saturated rings. The number of sulfonamides is 1. The summed E-state index contributed by atoms with van der Waals surface area (Å²) in [7, 11) is -3.59. The Morgan fingerprint density at radius 3 is 2.50 bits per heavy atom. The molecule has 6 heteroatoms. The topological polar surface area (TPSA) is 64.0 Å². The molecule has 0 bridgehead atoms. The summed E-state index contributed by atoms with van der Waals surface area (Å²) in [5.41, 5.74) is 2.62. The maximum atomic E-state index is 12.5. The van der Waals surface area contributed by atoms with Gasteiger partial charge in [-0.25, -0.2) is 8.42 Å². The molecule has 2 aromatic carbocycles. The van der Waals surface area contributed by atoms with Gasteiger partial charge in [-0.15, -0.1) is 0 Å². The first kappa shape index (κ1) is 16.3. The normalized spacial score (nSPS) is 11.4. The van der Waals surface area contributed by atoms with Crippen molar-refractivity contribution in [2.75, 3.05) is 4.72 Å². The second-order valence-electron chi connectivity index (χ2n) is 5.51. The van der Waals surface area contributed by atoms with E-state index in [-0.39, 0.29) is 4.90 Å². The Morgan fingerprint density at radius 2 is 1.83 bits per heavy atom. The lowest BCUT2D eigenvalue weighted by Crippen LogP contribution is -2.13. The zero-order chi connectivity index (χ0) is 17.0. The number of nitrogens with zero attached hydrogens (tertiary/aromatic N) is 2. The van der Waals surface area contributed by atoms with E-state index in [9.17, 15) is 8.42 Å². The van der Waals surface area contributed by atoms with E-state index in [4.69, 9.17) is 0 Å². The SMILES string of the molecule is CCc1ccc(S(=O)(=O)Nc2cccc(Cn3cccn3)c2)cc1. The molecule has 0 aliphatic heterocycles. The summed E-state index contributed by atoms with van der Waals surface area (Å²) in [6.07, 6.45) is 4.46. The lowest BCUT2D eigenvalue weighted by Gasteiger charge is -2.10. The fourth-order valence-electron chi connectivity index (χ4n) is 2.43. The quantitative estimate of drug-likeness (QED) is 0.748. The van der Waals surface area contributed by atoms with Crippen molar-refractivity contribution in [2.45, 2.75) is 24.8 Å². The van der Waals surface area contributed by atoms with Crippen LogP contribution in [0, 0.1) is 0 Å².